The van der Waals surface area contributed by atoms with E-state index in [-0.39, 0.29) is 0 Å². The van der Waals surface area contributed by atoms with Gasteiger partial charge in [-0.3, -0.25) is 0 Å². The SMILES string of the molecule is c1ccc(-c2c([Si](c3ccccc3)(c3ccccc3)c3ccccc3)ccc3c2c2ccccc2n3-c2cccc3c4ccccc4n(-c4ccccc4)c23)cc1. The molecule has 268 valence electrons. The predicted molar refractivity (Wildman–Crippen MR) is 244 cm³/mol. The zero-order valence-corrected chi connectivity index (χ0v) is 32.3. The van der Waals surface area contributed by atoms with Gasteiger partial charge in [-0.2, -0.15) is 0 Å². The van der Waals surface area contributed by atoms with Gasteiger partial charge in [-0.05, 0) is 68.3 Å². The smallest absolute Gasteiger partial charge is 0.180 e. The molecule has 11 aromatic rings. The fraction of sp³-hybridized carbons (Fsp3) is 0. The van der Waals surface area contributed by atoms with Gasteiger partial charge >= 0.3 is 0 Å². The maximum absolute atomic E-state index is 2.93. The summed E-state index contributed by atoms with van der Waals surface area (Å²) in [5, 5.41) is 10.5. The van der Waals surface area contributed by atoms with Gasteiger partial charge in [-0.1, -0.05) is 194 Å². The molecule has 0 atom stereocenters. The molecule has 0 fully saturated rings. The Kier molecular flexibility index (Phi) is 7.87. The number of rotatable bonds is 7. The molecule has 0 saturated heterocycles. The largest absolute Gasteiger partial charge is 0.307 e. The number of para-hydroxylation sites is 4. The van der Waals surface area contributed by atoms with E-state index in [1.54, 1.807) is 0 Å². The van der Waals surface area contributed by atoms with Gasteiger partial charge in [0.1, 0.15) is 0 Å². The summed E-state index contributed by atoms with van der Waals surface area (Å²) >= 11 is 0. The molecule has 9 aromatic carbocycles. The molecule has 0 radical (unpaired) electrons. The van der Waals surface area contributed by atoms with Crippen molar-refractivity contribution in [2.75, 3.05) is 0 Å². The second kappa shape index (κ2) is 13.5. The zero-order chi connectivity index (χ0) is 37.8. The third-order valence-electron chi connectivity index (χ3n) is 11.9. The number of nitrogens with zero attached hydrogens (tertiary/aromatic N) is 2. The minimum absolute atomic E-state index is 1.15. The summed E-state index contributed by atoms with van der Waals surface area (Å²) in [4.78, 5) is 0. The number of benzene rings is 9. The molecule has 2 aromatic heterocycles. The van der Waals surface area contributed by atoms with E-state index in [0.717, 1.165) is 11.4 Å². The van der Waals surface area contributed by atoms with Crippen molar-refractivity contribution in [3.05, 3.63) is 231 Å². The van der Waals surface area contributed by atoms with Gasteiger partial charge in [0.25, 0.3) is 0 Å². The third kappa shape index (κ3) is 5.03. The van der Waals surface area contributed by atoms with Crippen molar-refractivity contribution < 1.29 is 0 Å². The van der Waals surface area contributed by atoms with Crippen LogP contribution in [0.1, 0.15) is 0 Å². The molecule has 0 aliphatic rings. The first-order valence-corrected chi connectivity index (χ1v) is 21.7. The highest BCUT2D eigenvalue weighted by Crippen LogP contribution is 2.42. The van der Waals surface area contributed by atoms with Crippen LogP contribution in [0.25, 0.3) is 66.1 Å². The van der Waals surface area contributed by atoms with Crippen LogP contribution >= 0.6 is 0 Å². The highest BCUT2D eigenvalue weighted by molar-refractivity contribution is 7.20. The van der Waals surface area contributed by atoms with Crippen LogP contribution in [0.3, 0.4) is 0 Å². The fourth-order valence-corrected chi connectivity index (χ4v) is 14.6. The second-order valence-corrected chi connectivity index (χ2v) is 18.6. The highest BCUT2D eigenvalue weighted by Gasteiger charge is 2.43. The second-order valence-electron chi connectivity index (χ2n) is 14.8. The standard InChI is InChI=1S/C54H38N2Si/c1-6-21-39(22-7-1)52-51(57(41-25-10-3-11-26-41,42-27-12-4-13-28-42)43-29-14-5-15-30-43)38-37-49-53(52)46-32-17-19-35-48(46)56(49)50-36-20-33-45-44-31-16-18-34-47(44)55(54(45)50)40-23-8-2-9-24-40/h1-38H. The molecule has 0 aliphatic heterocycles. The van der Waals surface area contributed by atoms with Crippen LogP contribution in [0.2, 0.25) is 0 Å². The zero-order valence-electron chi connectivity index (χ0n) is 31.3. The maximum Gasteiger partial charge on any atom is 0.180 e. The molecule has 0 aliphatic carbocycles. The van der Waals surface area contributed by atoms with Gasteiger partial charge in [-0.25, -0.2) is 0 Å². The van der Waals surface area contributed by atoms with E-state index in [4.69, 9.17) is 0 Å². The summed E-state index contributed by atoms with van der Waals surface area (Å²) in [5.74, 6) is 0. The molecule has 0 bridgehead atoms. The van der Waals surface area contributed by atoms with Gasteiger partial charge in [0.05, 0.1) is 27.8 Å². The molecule has 0 saturated carbocycles. The quantitative estimate of drug-likeness (QED) is 0.114. The first kappa shape index (κ1) is 33.2. The van der Waals surface area contributed by atoms with E-state index >= 15 is 0 Å². The van der Waals surface area contributed by atoms with E-state index in [2.05, 4.69) is 240 Å². The third-order valence-corrected chi connectivity index (χ3v) is 16.7. The highest BCUT2D eigenvalue weighted by atomic mass is 28.3. The van der Waals surface area contributed by atoms with Crippen molar-refractivity contribution in [3.8, 4) is 22.5 Å². The van der Waals surface area contributed by atoms with E-state index in [1.807, 2.05) is 0 Å². The Morgan fingerprint density at radius 1 is 0.316 bits per heavy atom. The van der Waals surface area contributed by atoms with Crippen molar-refractivity contribution in [2.24, 2.45) is 0 Å². The normalized spacial score (nSPS) is 11.9. The topological polar surface area (TPSA) is 9.86 Å². The minimum Gasteiger partial charge on any atom is -0.307 e. The van der Waals surface area contributed by atoms with Crippen molar-refractivity contribution in [1.29, 1.82) is 0 Å². The summed E-state index contributed by atoms with van der Waals surface area (Å²) in [5.41, 5.74) is 9.58. The van der Waals surface area contributed by atoms with Crippen LogP contribution in [0.15, 0.2) is 231 Å². The van der Waals surface area contributed by atoms with Gasteiger partial charge in [0, 0.05) is 27.2 Å². The fourth-order valence-electron chi connectivity index (χ4n) is 9.59. The summed E-state index contributed by atoms with van der Waals surface area (Å²) in [7, 11) is -2.93. The number of hydrogen-bond acceptors (Lipinski definition) is 0. The molecule has 0 spiro atoms. The number of aromatic nitrogens is 2. The average molecular weight is 743 g/mol. The lowest BCUT2D eigenvalue weighted by atomic mass is 9.99. The Balaban J connectivity index is 1.34. The minimum atomic E-state index is -2.93. The van der Waals surface area contributed by atoms with Gasteiger partial charge in [0.2, 0.25) is 0 Å². The lowest BCUT2D eigenvalue weighted by Crippen LogP contribution is -2.75. The van der Waals surface area contributed by atoms with Gasteiger partial charge < -0.3 is 9.13 Å². The molecule has 2 heterocycles. The lowest BCUT2D eigenvalue weighted by molar-refractivity contribution is 1.13. The van der Waals surface area contributed by atoms with Crippen LogP contribution in [0.5, 0.6) is 0 Å². The first-order valence-electron chi connectivity index (χ1n) is 19.7. The summed E-state index contributed by atoms with van der Waals surface area (Å²) in [6.45, 7) is 0. The molecule has 0 unspecified atom stereocenters. The molecule has 3 heteroatoms. The average Bonchev–Trinajstić information content (AvgIpc) is 3.82. The Labute approximate surface area is 333 Å². The molecule has 2 nitrogen and oxygen atoms in total. The van der Waals surface area contributed by atoms with Gasteiger partial charge in [0.15, 0.2) is 8.07 Å². The monoisotopic (exact) mass is 742 g/mol. The van der Waals surface area contributed by atoms with Crippen LogP contribution in [0, 0.1) is 0 Å². The summed E-state index contributed by atoms with van der Waals surface area (Å²) < 4.78 is 4.98. The van der Waals surface area contributed by atoms with Crippen molar-refractivity contribution in [2.45, 2.75) is 0 Å². The van der Waals surface area contributed by atoms with Crippen molar-refractivity contribution >= 4 is 72.4 Å². The molecule has 0 N–H and O–H groups in total. The Morgan fingerprint density at radius 3 is 1.39 bits per heavy atom. The van der Waals surface area contributed by atoms with Crippen molar-refractivity contribution in [3.63, 3.8) is 0 Å². The van der Waals surface area contributed by atoms with Gasteiger partial charge in [-0.15, -0.1) is 0 Å². The van der Waals surface area contributed by atoms with Crippen LogP contribution in [-0.2, 0) is 0 Å². The van der Waals surface area contributed by atoms with E-state index in [0.29, 0.717) is 0 Å². The van der Waals surface area contributed by atoms with Crippen LogP contribution < -0.4 is 20.7 Å². The number of hydrogen-bond donors (Lipinski definition) is 0. The van der Waals surface area contributed by atoms with Crippen LogP contribution in [-0.4, -0.2) is 17.2 Å². The molecule has 11 rings (SSSR count). The first-order chi connectivity index (χ1) is 28.3. The molecule has 57 heavy (non-hydrogen) atoms. The van der Waals surface area contributed by atoms with Crippen molar-refractivity contribution in [1.82, 2.24) is 9.13 Å². The van der Waals surface area contributed by atoms with E-state index in [1.165, 1.54) is 75.5 Å². The Morgan fingerprint density at radius 2 is 0.789 bits per heavy atom. The summed E-state index contributed by atoms with van der Waals surface area (Å²) in [6.07, 6.45) is 0. The van der Waals surface area contributed by atoms with E-state index < -0.39 is 8.07 Å². The Bertz CT molecular complexity index is 3110. The predicted octanol–water partition coefficient (Wildman–Crippen LogP) is 10.9. The molecular weight excluding hydrogens is 705 g/mol. The van der Waals surface area contributed by atoms with Crippen LogP contribution in [0.4, 0.5) is 0 Å². The van der Waals surface area contributed by atoms with E-state index in [9.17, 15) is 0 Å². The molecular formula is C54H38N2Si. The summed E-state index contributed by atoms with van der Waals surface area (Å²) in [6, 6.07) is 85.3. The maximum atomic E-state index is 2.53. The number of fused-ring (bicyclic) bond motifs is 6. The Hall–Kier alpha value is -7.20. The molecule has 0 amide bonds. The lowest BCUT2D eigenvalue weighted by Gasteiger charge is -2.36.